The van der Waals surface area contributed by atoms with Gasteiger partial charge in [-0.2, -0.15) is 0 Å². The fourth-order valence-corrected chi connectivity index (χ4v) is 2.14. The number of carboxylic acids is 1. The van der Waals surface area contributed by atoms with Gasteiger partial charge in [0.05, 0.1) is 12.6 Å². The Morgan fingerprint density at radius 1 is 0.963 bits per heavy atom. The average Bonchev–Trinajstić information content (AvgIpc) is 2.58. The molecule has 0 spiro atoms. The first-order chi connectivity index (χ1) is 12.8. The smallest absolute Gasteiger partial charge is 0.407 e. The van der Waals surface area contributed by atoms with E-state index in [1.165, 1.54) is 12.1 Å². The van der Waals surface area contributed by atoms with Crippen LogP contribution in [0.2, 0.25) is 0 Å². The molecule has 1 N–H and O–H groups in total. The van der Waals surface area contributed by atoms with E-state index in [0.29, 0.717) is 32.1 Å². The molecule has 7 heteroatoms. The first-order valence-electron chi connectivity index (χ1n) is 9.27. The highest BCUT2D eigenvalue weighted by Gasteiger charge is 2.15. The number of carboxylic acid groups (broad SMARTS) is 1. The van der Waals surface area contributed by atoms with Crippen molar-refractivity contribution in [1.29, 1.82) is 0 Å². The molecule has 0 heterocycles. The molecule has 1 amide bonds. The fourth-order valence-electron chi connectivity index (χ4n) is 2.14. The van der Waals surface area contributed by atoms with E-state index in [1.807, 2.05) is 20.8 Å². The molecule has 0 unspecified atom stereocenters. The van der Waals surface area contributed by atoms with E-state index in [9.17, 15) is 14.7 Å². The van der Waals surface area contributed by atoms with Crippen LogP contribution in [-0.4, -0.2) is 44.0 Å². The lowest BCUT2D eigenvalue weighted by Crippen LogP contribution is -2.33. The van der Waals surface area contributed by atoms with Crippen LogP contribution in [0.1, 0.15) is 56.8 Å². The Morgan fingerprint density at radius 2 is 1.59 bits per heavy atom. The van der Waals surface area contributed by atoms with Gasteiger partial charge < -0.3 is 29.4 Å². The Bertz CT molecular complexity index is 565. The van der Waals surface area contributed by atoms with Crippen molar-refractivity contribution in [3.8, 4) is 5.75 Å². The molecule has 0 saturated carbocycles. The molecule has 1 rings (SSSR count). The summed E-state index contributed by atoms with van der Waals surface area (Å²) in [7, 11) is 0. The number of hydrogen-bond donors (Lipinski definition) is 1. The van der Waals surface area contributed by atoms with Crippen molar-refractivity contribution >= 4 is 12.1 Å². The molecule has 0 aliphatic carbocycles. The summed E-state index contributed by atoms with van der Waals surface area (Å²) in [5, 5.41) is 13.3. The molecule has 1 aromatic rings. The van der Waals surface area contributed by atoms with E-state index >= 15 is 0 Å². The molecule has 7 nitrogen and oxygen atoms in total. The van der Waals surface area contributed by atoms with Gasteiger partial charge in [-0.1, -0.05) is 0 Å². The third-order valence-electron chi connectivity index (χ3n) is 3.43. The summed E-state index contributed by atoms with van der Waals surface area (Å²) >= 11 is 0. The molecule has 0 saturated heterocycles. The zero-order chi connectivity index (χ0) is 20.1. The van der Waals surface area contributed by atoms with Gasteiger partial charge in [-0.15, -0.1) is 0 Å². The number of alkyl carbamates (subject to hydrolysis) is 1. The quantitative estimate of drug-likeness (QED) is 0.560. The molecule has 0 fully saturated rings. The lowest BCUT2D eigenvalue weighted by molar-refractivity contribution is -0.255. The maximum absolute atomic E-state index is 11.4. The highest BCUT2D eigenvalue weighted by molar-refractivity contribution is 5.85. The lowest BCUT2D eigenvalue weighted by Gasteiger charge is -2.19. The Balaban J connectivity index is 1.92. The van der Waals surface area contributed by atoms with Crippen molar-refractivity contribution in [2.24, 2.45) is 0 Å². The zero-order valence-corrected chi connectivity index (χ0v) is 16.4. The predicted octanol–water partition coefficient (Wildman–Crippen LogP) is 2.53. The van der Waals surface area contributed by atoms with Crippen molar-refractivity contribution in [1.82, 2.24) is 5.32 Å². The number of aromatic carboxylic acids is 1. The molecule has 0 radical (unpaired) electrons. The van der Waals surface area contributed by atoms with Gasteiger partial charge in [0.2, 0.25) is 0 Å². The summed E-state index contributed by atoms with van der Waals surface area (Å²) in [6.07, 6.45) is 3.15. The number of rotatable bonds is 12. The fraction of sp³-hybridized carbons (Fsp3) is 0.600. The molecular formula is C20H30NO6-. The van der Waals surface area contributed by atoms with E-state index in [4.69, 9.17) is 14.2 Å². The van der Waals surface area contributed by atoms with Crippen LogP contribution in [0.25, 0.3) is 0 Å². The van der Waals surface area contributed by atoms with E-state index in [2.05, 4.69) is 5.32 Å². The zero-order valence-electron chi connectivity index (χ0n) is 16.4. The van der Waals surface area contributed by atoms with Crippen molar-refractivity contribution in [2.75, 3.05) is 26.4 Å². The molecule has 0 bridgehead atoms. The largest absolute Gasteiger partial charge is 0.545 e. The molecule has 0 aliphatic rings. The van der Waals surface area contributed by atoms with Gasteiger partial charge in [0.1, 0.15) is 11.4 Å². The van der Waals surface area contributed by atoms with Crippen LogP contribution in [0.15, 0.2) is 24.3 Å². The summed E-state index contributed by atoms with van der Waals surface area (Å²) in [4.78, 5) is 22.1. The van der Waals surface area contributed by atoms with E-state index in [1.54, 1.807) is 12.1 Å². The normalized spacial score (nSPS) is 11.1. The number of unbranched alkanes of at least 4 members (excludes halogenated alkanes) is 2. The second-order valence-corrected chi connectivity index (χ2v) is 7.12. The molecule has 0 atom stereocenters. The number of benzene rings is 1. The average molecular weight is 380 g/mol. The van der Waals surface area contributed by atoms with Crippen molar-refractivity contribution in [3.05, 3.63) is 29.8 Å². The van der Waals surface area contributed by atoms with Gasteiger partial charge in [0, 0.05) is 19.8 Å². The molecule has 1 aromatic carbocycles. The summed E-state index contributed by atoms with van der Waals surface area (Å²) in [5.41, 5.74) is -0.343. The SMILES string of the molecule is CC(C)(C)OC(=O)NCCCOCCCCCOc1ccc(C(=O)[O-])cc1. The standard InChI is InChI=1S/C20H31NO6/c1-20(2,3)27-19(24)21-12-7-14-25-13-5-4-6-15-26-17-10-8-16(9-11-17)18(22)23/h8-11H,4-7,12-15H2,1-3H3,(H,21,24)(H,22,23)/p-1. The first-order valence-corrected chi connectivity index (χ1v) is 9.27. The Morgan fingerprint density at radius 3 is 2.22 bits per heavy atom. The predicted molar refractivity (Wildman–Crippen MR) is 99.8 cm³/mol. The summed E-state index contributed by atoms with van der Waals surface area (Å²) in [6.45, 7) is 7.85. The minimum Gasteiger partial charge on any atom is -0.545 e. The number of hydrogen-bond acceptors (Lipinski definition) is 6. The highest BCUT2D eigenvalue weighted by atomic mass is 16.6. The van der Waals surface area contributed by atoms with Gasteiger partial charge in [0.15, 0.2) is 0 Å². The van der Waals surface area contributed by atoms with E-state index in [0.717, 1.165) is 25.7 Å². The lowest BCUT2D eigenvalue weighted by atomic mass is 10.2. The maximum Gasteiger partial charge on any atom is 0.407 e. The number of carbonyl (C=O) groups excluding carboxylic acids is 2. The second-order valence-electron chi connectivity index (χ2n) is 7.12. The van der Waals surface area contributed by atoms with Gasteiger partial charge in [-0.25, -0.2) is 4.79 Å². The highest BCUT2D eigenvalue weighted by Crippen LogP contribution is 2.12. The van der Waals surface area contributed by atoms with Gasteiger partial charge in [-0.3, -0.25) is 0 Å². The monoisotopic (exact) mass is 380 g/mol. The van der Waals surface area contributed by atoms with Crippen LogP contribution in [0, 0.1) is 0 Å². The van der Waals surface area contributed by atoms with Gasteiger partial charge in [0.25, 0.3) is 0 Å². The van der Waals surface area contributed by atoms with Crippen LogP contribution in [0.4, 0.5) is 4.79 Å². The minimum atomic E-state index is -1.19. The van der Waals surface area contributed by atoms with Gasteiger partial charge in [-0.05, 0) is 76.3 Å². The molecule has 0 aromatic heterocycles. The van der Waals surface area contributed by atoms with Crippen molar-refractivity contribution in [3.63, 3.8) is 0 Å². The first kappa shape index (κ1) is 22.8. The van der Waals surface area contributed by atoms with E-state index < -0.39 is 17.7 Å². The molecular weight excluding hydrogens is 350 g/mol. The number of amides is 1. The third kappa shape index (κ3) is 11.9. The summed E-state index contributed by atoms with van der Waals surface area (Å²) in [6, 6.07) is 6.19. The summed E-state index contributed by atoms with van der Waals surface area (Å²) < 4.78 is 16.2. The third-order valence-corrected chi connectivity index (χ3v) is 3.43. The summed E-state index contributed by atoms with van der Waals surface area (Å²) in [5.74, 6) is -0.545. The minimum absolute atomic E-state index is 0.140. The molecule has 27 heavy (non-hydrogen) atoms. The van der Waals surface area contributed by atoms with Gasteiger partial charge >= 0.3 is 6.09 Å². The number of ether oxygens (including phenoxy) is 3. The second kappa shape index (κ2) is 12.2. The number of carbonyl (C=O) groups is 2. The van der Waals surface area contributed by atoms with Crippen molar-refractivity contribution < 1.29 is 28.9 Å². The molecule has 152 valence electrons. The topological polar surface area (TPSA) is 96.9 Å². The maximum atomic E-state index is 11.4. The molecule has 0 aliphatic heterocycles. The Labute approximate surface area is 161 Å². The van der Waals surface area contributed by atoms with Crippen LogP contribution in [-0.2, 0) is 9.47 Å². The number of nitrogens with one attached hydrogen (secondary N) is 1. The Hall–Kier alpha value is -2.28. The Kier molecular flexibility index (Phi) is 10.3. The van der Waals surface area contributed by atoms with Crippen LogP contribution in [0.5, 0.6) is 5.75 Å². The van der Waals surface area contributed by atoms with Crippen molar-refractivity contribution in [2.45, 2.75) is 52.1 Å². The van der Waals surface area contributed by atoms with Crippen LogP contribution in [0.3, 0.4) is 0 Å². The van der Waals surface area contributed by atoms with E-state index in [-0.39, 0.29) is 5.56 Å². The van der Waals surface area contributed by atoms with Crippen LogP contribution < -0.4 is 15.2 Å². The van der Waals surface area contributed by atoms with Crippen LogP contribution >= 0.6 is 0 Å².